The minimum atomic E-state index is -4.48. The summed E-state index contributed by atoms with van der Waals surface area (Å²) in [5, 5.41) is 0. The number of nitrogens with zero attached hydrogens (tertiary/aromatic N) is 2. The van der Waals surface area contributed by atoms with E-state index in [1.54, 1.807) is 24.3 Å². The number of alkyl halides is 3. The lowest BCUT2D eigenvalue weighted by molar-refractivity contribution is -0.157. The largest absolute Gasteiger partial charge is 0.406 e. The Morgan fingerprint density at radius 3 is 2.22 bits per heavy atom. The summed E-state index contributed by atoms with van der Waals surface area (Å²) in [7, 11) is 0. The average molecular weight is 376 g/mol. The molecule has 27 heavy (non-hydrogen) atoms. The summed E-state index contributed by atoms with van der Waals surface area (Å²) in [6.07, 6.45) is -4.68. The quantitative estimate of drug-likeness (QED) is 0.800. The van der Waals surface area contributed by atoms with Gasteiger partial charge in [-0.15, -0.1) is 0 Å². The van der Waals surface area contributed by atoms with Gasteiger partial charge in [-0.3, -0.25) is 9.59 Å². The van der Waals surface area contributed by atoms with E-state index < -0.39 is 24.5 Å². The Balaban J connectivity index is 1.80. The van der Waals surface area contributed by atoms with Crippen molar-refractivity contribution in [3.63, 3.8) is 0 Å². The lowest BCUT2D eigenvalue weighted by atomic mass is 10.1. The molecule has 2 aromatic carbocycles. The first-order valence-electron chi connectivity index (χ1n) is 8.58. The molecular weight excluding hydrogens is 357 g/mol. The van der Waals surface area contributed by atoms with Crippen LogP contribution in [0, 0.1) is 5.92 Å². The summed E-state index contributed by atoms with van der Waals surface area (Å²) in [5.74, 6) is -1.77. The summed E-state index contributed by atoms with van der Waals surface area (Å²) < 4.78 is 37.9. The number of hydrogen-bond donors (Lipinski definition) is 0. The van der Waals surface area contributed by atoms with Crippen molar-refractivity contribution in [2.24, 2.45) is 5.92 Å². The highest BCUT2D eigenvalue weighted by atomic mass is 19.4. The van der Waals surface area contributed by atoms with Crippen LogP contribution < -0.4 is 4.90 Å². The number of benzene rings is 2. The summed E-state index contributed by atoms with van der Waals surface area (Å²) >= 11 is 0. The van der Waals surface area contributed by atoms with E-state index in [4.69, 9.17) is 0 Å². The molecule has 7 heteroatoms. The maximum Gasteiger partial charge on any atom is 0.406 e. The third kappa shape index (κ3) is 4.87. The number of para-hydroxylation sites is 1. The predicted molar refractivity (Wildman–Crippen MR) is 94.8 cm³/mol. The van der Waals surface area contributed by atoms with Crippen LogP contribution in [-0.2, 0) is 16.1 Å². The molecular formula is C20H19F3N2O2. The molecule has 1 unspecified atom stereocenters. The van der Waals surface area contributed by atoms with Crippen molar-refractivity contribution >= 4 is 17.5 Å². The van der Waals surface area contributed by atoms with Crippen molar-refractivity contribution in [3.05, 3.63) is 66.2 Å². The maximum absolute atomic E-state index is 13.1. The van der Waals surface area contributed by atoms with Crippen LogP contribution in [0.25, 0.3) is 0 Å². The van der Waals surface area contributed by atoms with Gasteiger partial charge in [0, 0.05) is 18.7 Å². The molecule has 0 aliphatic carbocycles. The van der Waals surface area contributed by atoms with Gasteiger partial charge in [0.1, 0.15) is 6.54 Å². The fourth-order valence-electron chi connectivity index (χ4n) is 3.20. The van der Waals surface area contributed by atoms with Crippen LogP contribution in [0.1, 0.15) is 12.0 Å². The van der Waals surface area contributed by atoms with E-state index in [2.05, 4.69) is 0 Å². The van der Waals surface area contributed by atoms with Gasteiger partial charge < -0.3 is 9.80 Å². The van der Waals surface area contributed by atoms with Crippen LogP contribution in [0.2, 0.25) is 0 Å². The van der Waals surface area contributed by atoms with Crippen molar-refractivity contribution in [2.75, 3.05) is 18.0 Å². The smallest absolute Gasteiger partial charge is 0.333 e. The van der Waals surface area contributed by atoms with Crippen LogP contribution in [0.3, 0.4) is 0 Å². The maximum atomic E-state index is 13.1. The number of halogens is 3. The molecule has 142 valence electrons. The second kappa shape index (κ2) is 7.82. The van der Waals surface area contributed by atoms with Crippen molar-refractivity contribution in [1.29, 1.82) is 0 Å². The number of amides is 2. The Morgan fingerprint density at radius 2 is 1.63 bits per heavy atom. The molecule has 1 aliphatic rings. The van der Waals surface area contributed by atoms with Gasteiger partial charge in [-0.25, -0.2) is 0 Å². The van der Waals surface area contributed by atoms with E-state index in [1.807, 2.05) is 36.4 Å². The Morgan fingerprint density at radius 1 is 1.04 bits per heavy atom. The highest BCUT2D eigenvalue weighted by Gasteiger charge is 2.41. The summed E-state index contributed by atoms with van der Waals surface area (Å²) in [5.41, 5.74) is 1.54. The summed E-state index contributed by atoms with van der Waals surface area (Å²) in [4.78, 5) is 27.3. The zero-order valence-corrected chi connectivity index (χ0v) is 14.5. The zero-order valence-electron chi connectivity index (χ0n) is 14.5. The Kier molecular flexibility index (Phi) is 5.48. The Hall–Kier alpha value is -2.83. The normalized spacial score (nSPS) is 17.2. The van der Waals surface area contributed by atoms with Gasteiger partial charge in [-0.05, 0) is 17.7 Å². The topological polar surface area (TPSA) is 40.6 Å². The first-order chi connectivity index (χ1) is 12.8. The number of likely N-dealkylation sites (tertiary alicyclic amines) is 1. The standard InChI is InChI=1S/C20H19F3N2O2/c21-20(22,23)14-24-13-16(11-18(24)26)19(27)25(17-9-5-2-6-10-17)12-15-7-3-1-4-8-15/h1-10,16H,11-14H2. The number of anilines is 1. The Bertz CT molecular complexity index is 794. The van der Waals surface area contributed by atoms with Crippen molar-refractivity contribution in [3.8, 4) is 0 Å². The van der Waals surface area contributed by atoms with Gasteiger partial charge in [-0.1, -0.05) is 48.5 Å². The highest BCUT2D eigenvalue weighted by molar-refractivity contribution is 5.99. The minimum absolute atomic E-state index is 0.201. The zero-order chi connectivity index (χ0) is 19.4. The molecule has 0 saturated carbocycles. The number of hydrogen-bond acceptors (Lipinski definition) is 2. The molecule has 3 rings (SSSR count). The first-order valence-corrected chi connectivity index (χ1v) is 8.58. The van der Waals surface area contributed by atoms with Gasteiger partial charge in [-0.2, -0.15) is 13.2 Å². The lowest BCUT2D eigenvalue weighted by Crippen LogP contribution is -2.39. The lowest BCUT2D eigenvalue weighted by Gasteiger charge is -2.26. The highest BCUT2D eigenvalue weighted by Crippen LogP contribution is 2.27. The van der Waals surface area contributed by atoms with E-state index >= 15 is 0 Å². The van der Waals surface area contributed by atoms with Crippen LogP contribution in [0.5, 0.6) is 0 Å². The Labute approximate surface area is 155 Å². The third-order valence-corrected chi connectivity index (χ3v) is 4.45. The van der Waals surface area contributed by atoms with Gasteiger partial charge in [0.2, 0.25) is 11.8 Å². The number of rotatable bonds is 5. The van der Waals surface area contributed by atoms with Gasteiger partial charge in [0.15, 0.2) is 0 Å². The molecule has 1 saturated heterocycles. The summed E-state index contributed by atoms with van der Waals surface area (Å²) in [6.45, 7) is -1.25. The van der Waals surface area contributed by atoms with Crippen molar-refractivity contribution < 1.29 is 22.8 Å². The second-order valence-electron chi connectivity index (χ2n) is 6.54. The number of carbonyl (C=O) groups excluding carboxylic acids is 2. The van der Waals surface area contributed by atoms with Crippen LogP contribution in [-0.4, -0.2) is 36.0 Å². The third-order valence-electron chi connectivity index (χ3n) is 4.45. The molecule has 1 atom stereocenters. The molecule has 2 amide bonds. The van der Waals surface area contributed by atoms with Gasteiger partial charge in [0.25, 0.3) is 0 Å². The fraction of sp³-hybridized carbons (Fsp3) is 0.300. The van der Waals surface area contributed by atoms with E-state index in [9.17, 15) is 22.8 Å². The average Bonchev–Trinajstić information content (AvgIpc) is 2.99. The molecule has 1 fully saturated rings. The van der Waals surface area contributed by atoms with Crippen molar-refractivity contribution in [2.45, 2.75) is 19.1 Å². The second-order valence-corrected chi connectivity index (χ2v) is 6.54. The molecule has 0 radical (unpaired) electrons. The molecule has 0 aromatic heterocycles. The van der Waals surface area contributed by atoms with Crippen LogP contribution in [0.15, 0.2) is 60.7 Å². The van der Waals surface area contributed by atoms with E-state index in [-0.39, 0.29) is 25.4 Å². The SMILES string of the molecule is O=C1CC(C(=O)N(Cc2ccccc2)c2ccccc2)CN1CC(F)(F)F. The molecule has 0 bridgehead atoms. The fourth-order valence-corrected chi connectivity index (χ4v) is 3.20. The van der Waals surface area contributed by atoms with E-state index in [0.29, 0.717) is 10.6 Å². The summed E-state index contributed by atoms with van der Waals surface area (Å²) in [6, 6.07) is 18.3. The monoisotopic (exact) mass is 376 g/mol. The van der Waals surface area contributed by atoms with Crippen molar-refractivity contribution in [1.82, 2.24) is 4.90 Å². The van der Waals surface area contributed by atoms with E-state index in [0.717, 1.165) is 5.56 Å². The van der Waals surface area contributed by atoms with Gasteiger partial charge >= 0.3 is 6.18 Å². The van der Waals surface area contributed by atoms with Crippen LogP contribution >= 0.6 is 0 Å². The van der Waals surface area contributed by atoms with E-state index in [1.165, 1.54) is 4.90 Å². The molecule has 2 aromatic rings. The van der Waals surface area contributed by atoms with Gasteiger partial charge in [0.05, 0.1) is 12.5 Å². The first kappa shape index (κ1) is 18.9. The number of carbonyl (C=O) groups is 2. The molecule has 1 aliphatic heterocycles. The molecule has 0 spiro atoms. The molecule has 0 N–H and O–H groups in total. The minimum Gasteiger partial charge on any atom is -0.333 e. The molecule has 1 heterocycles. The predicted octanol–water partition coefficient (Wildman–Crippen LogP) is 3.63. The van der Waals surface area contributed by atoms with Crippen LogP contribution in [0.4, 0.5) is 18.9 Å². The molecule has 4 nitrogen and oxygen atoms in total.